The molecule has 2 aliphatic heterocycles. The maximum absolute atomic E-state index is 4.50. The normalized spacial score (nSPS) is 21.4. The maximum atomic E-state index is 4.50. The van der Waals surface area contributed by atoms with Gasteiger partial charge in [0.1, 0.15) is 0 Å². The molecule has 0 atom stereocenters. The first-order valence-electron chi connectivity index (χ1n) is 6.89. The van der Waals surface area contributed by atoms with Gasteiger partial charge in [-0.05, 0) is 25.9 Å². The molecule has 0 radical (unpaired) electrons. The largest absolute Gasteiger partial charge is 0.333 e. The van der Waals surface area contributed by atoms with Crippen molar-refractivity contribution in [2.75, 3.05) is 26.2 Å². The van der Waals surface area contributed by atoms with Gasteiger partial charge in [0, 0.05) is 38.3 Å². The predicted octanol–water partition coefficient (Wildman–Crippen LogP) is 1.01. The first-order chi connectivity index (χ1) is 8.43. The van der Waals surface area contributed by atoms with Crippen molar-refractivity contribution in [3.63, 3.8) is 0 Å². The summed E-state index contributed by atoms with van der Waals surface area (Å²) >= 11 is 0. The van der Waals surface area contributed by atoms with Gasteiger partial charge < -0.3 is 14.8 Å². The standard InChI is InChI=1S/C13H22N4/c1-2-6-16(7-3-1)8-9-17-11-15-12-10-14-5-4-13(12)17/h11,14H,1-10H2. The molecule has 0 bridgehead atoms. The molecule has 1 saturated heterocycles. The van der Waals surface area contributed by atoms with E-state index in [0.717, 1.165) is 26.1 Å². The zero-order chi connectivity index (χ0) is 11.5. The van der Waals surface area contributed by atoms with Crippen molar-refractivity contribution >= 4 is 0 Å². The highest BCUT2D eigenvalue weighted by Gasteiger charge is 2.15. The Morgan fingerprint density at radius 3 is 2.94 bits per heavy atom. The van der Waals surface area contributed by atoms with Crippen molar-refractivity contribution in [3.8, 4) is 0 Å². The molecular formula is C13H22N4. The number of nitrogens with one attached hydrogen (secondary N) is 1. The molecule has 0 spiro atoms. The zero-order valence-electron chi connectivity index (χ0n) is 10.5. The van der Waals surface area contributed by atoms with Crippen molar-refractivity contribution in [1.29, 1.82) is 0 Å². The molecule has 3 heterocycles. The van der Waals surface area contributed by atoms with Gasteiger partial charge >= 0.3 is 0 Å². The maximum Gasteiger partial charge on any atom is 0.0952 e. The molecule has 17 heavy (non-hydrogen) atoms. The number of rotatable bonds is 3. The van der Waals surface area contributed by atoms with Crippen LogP contribution < -0.4 is 5.32 Å². The van der Waals surface area contributed by atoms with Gasteiger partial charge in [-0.15, -0.1) is 0 Å². The summed E-state index contributed by atoms with van der Waals surface area (Å²) < 4.78 is 2.37. The average molecular weight is 234 g/mol. The van der Waals surface area contributed by atoms with Crippen LogP contribution in [0.25, 0.3) is 0 Å². The van der Waals surface area contributed by atoms with E-state index >= 15 is 0 Å². The van der Waals surface area contributed by atoms with Crippen LogP contribution in [0.5, 0.6) is 0 Å². The summed E-state index contributed by atoms with van der Waals surface area (Å²) in [5.74, 6) is 0. The van der Waals surface area contributed by atoms with Crippen LogP contribution >= 0.6 is 0 Å². The minimum atomic E-state index is 0.950. The van der Waals surface area contributed by atoms with Crippen molar-refractivity contribution in [1.82, 2.24) is 19.8 Å². The highest BCUT2D eigenvalue weighted by molar-refractivity contribution is 5.16. The van der Waals surface area contributed by atoms with E-state index in [1.165, 1.54) is 50.3 Å². The summed E-state index contributed by atoms with van der Waals surface area (Å²) in [7, 11) is 0. The molecule has 0 aromatic carbocycles. The second-order valence-electron chi connectivity index (χ2n) is 5.16. The van der Waals surface area contributed by atoms with Crippen LogP contribution in [0, 0.1) is 0 Å². The highest BCUT2D eigenvalue weighted by Crippen LogP contribution is 2.13. The highest BCUT2D eigenvalue weighted by atomic mass is 15.2. The number of imidazole rings is 1. The van der Waals surface area contributed by atoms with Crippen molar-refractivity contribution in [2.24, 2.45) is 0 Å². The molecule has 1 N–H and O–H groups in total. The predicted molar refractivity (Wildman–Crippen MR) is 67.9 cm³/mol. The van der Waals surface area contributed by atoms with E-state index in [1.54, 1.807) is 0 Å². The summed E-state index contributed by atoms with van der Waals surface area (Å²) in [5, 5.41) is 3.37. The molecular weight excluding hydrogens is 212 g/mol. The summed E-state index contributed by atoms with van der Waals surface area (Å²) in [5.41, 5.74) is 2.72. The molecule has 0 amide bonds. The number of fused-ring (bicyclic) bond motifs is 1. The summed E-state index contributed by atoms with van der Waals surface area (Å²) in [6, 6.07) is 0. The number of hydrogen-bond acceptors (Lipinski definition) is 3. The number of nitrogens with zero attached hydrogens (tertiary/aromatic N) is 3. The molecule has 4 heteroatoms. The Labute approximate surface area is 103 Å². The van der Waals surface area contributed by atoms with Gasteiger partial charge in [0.2, 0.25) is 0 Å². The Bertz CT molecular complexity index is 365. The lowest BCUT2D eigenvalue weighted by molar-refractivity contribution is 0.220. The van der Waals surface area contributed by atoms with Crippen molar-refractivity contribution < 1.29 is 0 Å². The summed E-state index contributed by atoms with van der Waals surface area (Å²) in [6.07, 6.45) is 7.34. The van der Waals surface area contributed by atoms with Gasteiger partial charge in [0.25, 0.3) is 0 Å². The molecule has 0 saturated carbocycles. The molecule has 1 aromatic heterocycles. The van der Waals surface area contributed by atoms with Crippen LogP contribution in [-0.2, 0) is 19.5 Å². The molecule has 0 unspecified atom stereocenters. The summed E-state index contributed by atoms with van der Waals surface area (Å²) in [6.45, 7) is 6.93. The lowest BCUT2D eigenvalue weighted by atomic mass is 10.1. The third kappa shape index (κ3) is 2.53. The van der Waals surface area contributed by atoms with Crippen LogP contribution in [0.1, 0.15) is 30.7 Å². The minimum Gasteiger partial charge on any atom is -0.333 e. The number of likely N-dealkylation sites (tertiary alicyclic amines) is 1. The third-order valence-electron chi connectivity index (χ3n) is 3.97. The topological polar surface area (TPSA) is 33.1 Å². The fraction of sp³-hybridized carbons (Fsp3) is 0.769. The molecule has 1 fully saturated rings. The Hall–Kier alpha value is -0.870. The molecule has 3 rings (SSSR count). The number of hydrogen-bond donors (Lipinski definition) is 1. The van der Waals surface area contributed by atoms with E-state index in [9.17, 15) is 0 Å². The van der Waals surface area contributed by atoms with E-state index in [1.807, 2.05) is 6.33 Å². The van der Waals surface area contributed by atoms with Crippen molar-refractivity contribution in [3.05, 3.63) is 17.7 Å². The van der Waals surface area contributed by atoms with E-state index in [2.05, 4.69) is 19.8 Å². The van der Waals surface area contributed by atoms with Crippen LogP contribution in [0.2, 0.25) is 0 Å². The Kier molecular flexibility index (Phi) is 3.43. The van der Waals surface area contributed by atoms with Gasteiger partial charge in [-0.1, -0.05) is 6.42 Å². The minimum absolute atomic E-state index is 0.950. The molecule has 0 aliphatic carbocycles. The molecule has 94 valence electrons. The van der Waals surface area contributed by atoms with Gasteiger partial charge in [0.15, 0.2) is 0 Å². The first-order valence-corrected chi connectivity index (χ1v) is 6.89. The Balaban J connectivity index is 1.59. The fourth-order valence-corrected chi connectivity index (χ4v) is 2.92. The quantitative estimate of drug-likeness (QED) is 0.847. The van der Waals surface area contributed by atoms with Crippen LogP contribution in [-0.4, -0.2) is 40.6 Å². The van der Waals surface area contributed by atoms with Crippen molar-refractivity contribution in [2.45, 2.75) is 38.8 Å². The molecule has 1 aromatic rings. The monoisotopic (exact) mass is 234 g/mol. The van der Waals surface area contributed by atoms with Gasteiger partial charge in [-0.2, -0.15) is 0 Å². The van der Waals surface area contributed by atoms with Crippen LogP contribution in [0.4, 0.5) is 0 Å². The van der Waals surface area contributed by atoms with E-state index < -0.39 is 0 Å². The van der Waals surface area contributed by atoms with E-state index in [4.69, 9.17) is 0 Å². The fourth-order valence-electron chi connectivity index (χ4n) is 2.92. The lowest BCUT2D eigenvalue weighted by Crippen LogP contribution is -2.33. The smallest absolute Gasteiger partial charge is 0.0952 e. The lowest BCUT2D eigenvalue weighted by Gasteiger charge is -2.27. The average Bonchev–Trinajstić information content (AvgIpc) is 2.81. The van der Waals surface area contributed by atoms with Crippen LogP contribution in [0.3, 0.4) is 0 Å². The van der Waals surface area contributed by atoms with E-state index in [-0.39, 0.29) is 0 Å². The SMILES string of the molecule is c1nc2c(n1CCN1CCCCC1)CCNC2. The van der Waals surface area contributed by atoms with Crippen LogP contribution in [0.15, 0.2) is 6.33 Å². The third-order valence-corrected chi connectivity index (χ3v) is 3.97. The van der Waals surface area contributed by atoms with Gasteiger partial charge in [0.05, 0.1) is 12.0 Å². The Morgan fingerprint density at radius 2 is 2.06 bits per heavy atom. The first kappa shape index (κ1) is 11.2. The summed E-state index contributed by atoms with van der Waals surface area (Å²) in [4.78, 5) is 7.10. The second-order valence-corrected chi connectivity index (χ2v) is 5.16. The Morgan fingerprint density at radius 1 is 1.18 bits per heavy atom. The second kappa shape index (κ2) is 5.19. The molecule has 2 aliphatic rings. The van der Waals surface area contributed by atoms with Gasteiger partial charge in [-0.3, -0.25) is 0 Å². The zero-order valence-corrected chi connectivity index (χ0v) is 10.5. The van der Waals surface area contributed by atoms with Gasteiger partial charge in [-0.25, -0.2) is 4.98 Å². The molecule has 4 nitrogen and oxygen atoms in total. The number of piperidine rings is 1. The van der Waals surface area contributed by atoms with E-state index in [0.29, 0.717) is 0 Å². The number of aromatic nitrogens is 2.